The molecule has 0 aliphatic heterocycles. The van der Waals surface area contributed by atoms with Crippen LogP contribution in [0.15, 0.2) is 42.6 Å². The molecule has 0 unspecified atom stereocenters. The van der Waals surface area contributed by atoms with Crippen molar-refractivity contribution in [1.29, 1.82) is 0 Å². The van der Waals surface area contributed by atoms with Gasteiger partial charge in [0.25, 0.3) is 5.91 Å². The predicted molar refractivity (Wildman–Crippen MR) is 111 cm³/mol. The zero-order valence-electron chi connectivity index (χ0n) is 14.2. The molecule has 3 aromatic rings. The highest BCUT2D eigenvalue weighted by Gasteiger charge is 2.14. The van der Waals surface area contributed by atoms with E-state index >= 15 is 0 Å². The molecule has 0 atom stereocenters. The van der Waals surface area contributed by atoms with E-state index in [-0.39, 0.29) is 12.5 Å². The van der Waals surface area contributed by atoms with Gasteiger partial charge in [-0.15, -0.1) is 0 Å². The summed E-state index contributed by atoms with van der Waals surface area (Å²) >= 11 is 8.38. The smallest absolute Gasteiger partial charge is 0.262 e. The number of pyridine rings is 1. The van der Waals surface area contributed by atoms with Crippen molar-refractivity contribution in [2.75, 3.05) is 19.0 Å². The number of nitrogens with zero attached hydrogens (tertiary/aromatic N) is 1. The van der Waals surface area contributed by atoms with Gasteiger partial charge >= 0.3 is 0 Å². The van der Waals surface area contributed by atoms with Crippen LogP contribution < -0.4 is 14.8 Å². The molecule has 26 heavy (non-hydrogen) atoms. The number of methoxy groups -OCH3 is 1. The lowest BCUT2D eigenvalue weighted by molar-refractivity contribution is -0.118. The molecular formula is C19H16ClIN2O3. The number of carbonyl (C=O) groups is 1. The molecule has 0 saturated heterocycles. The van der Waals surface area contributed by atoms with Gasteiger partial charge in [-0.3, -0.25) is 9.78 Å². The number of benzene rings is 2. The van der Waals surface area contributed by atoms with Crippen LogP contribution >= 0.6 is 34.2 Å². The van der Waals surface area contributed by atoms with Crippen LogP contribution in [0.5, 0.6) is 11.5 Å². The van der Waals surface area contributed by atoms with E-state index in [1.165, 1.54) is 0 Å². The lowest BCUT2D eigenvalue weighted by Crippen LogP contribution is -2.21. The van der Waals surface area contributed by atoms with E-state index in [1.807, 2.05) is 37.3 Å². The van der Waals surface area contributed by atoms with Gasteiger partial charge in [-0.1, -0.05) is 17.7 Å². The zero-order chi connectivity index (χ0) is 18.7. The molecule has 3 rings (SSSR count). The number of carbonyl (C=O) groups excluding carboxylic acids is 1. The van der Waals surface area contributed by atoms with Crippen molar-refractivity contribution in [3.05, 3.63) is 56.8 Å². The van der Waals surface area contributed by atoms with Gasteiger partial charge in [0.2, 0.25) is 0 Å². The second kappa shape index (κ2) is 8.09. The Morgan fingerprint density at radius 1 is 1.31 bits per heavy atom. The van der Waals surface area contributed by atoms with Crippen molar-refractivity contribution in [2.24, 2.45) is 0 Å². The minimum Gasteiger partial charge on any atom is -0.495 e. The summed E-state index contributed by atoms with van der Waals surface area (Å²) in [4.78, 5) is 16.7. The van der Waals surface area contributed by atoms with E-state index in [2.05, 4.69) is 32.9 Å². The van der Waals surface area contributed by atoms with E-state index in [9.17, 15) is 4.79 Å². The first-order valence-corrected chi connectivity index (χ1v) is 9.25. The number of rotatable bonds is 5. The average molecular weight is 483 g/mol. The molecule has 0 bridgehead atoms. The lowest BCUT2D eigenvalue weighted by Gasteiger charge is -2.13. The molecule has 7 heteroatoms. The number of amides is 1. The van der Waals surface area contributed by atoms with Crippen LogP contribution in [-0.4, -0.2) is 24.6 Å². The average Bonchev–Trinajstić information content (AvgIpc) is 2.62. The number of nitrogens with one attached hydrogen (secondary N) is 1. The number of ether oxygens (including phenoxy) is 2. The quantitative estimate of drug-likeness (QED) is 0.529. The second-order valence-electron chi connectivity index (χ2n) is 5.61. The van der Waals surface area contributed by atoms with E-state index in [0.717, 1.165) is 14.5 Å². The molecule has 1 aromatic heterocycles. The molecule has 1 heterocycles. The summed E-state index contributed by atoms with van der Waals surface area (Å²) in [5, 5.41) is 4.19. The largest absolute Gasteiger partial charge is 0.495 e. The molecule has 1 N–H and O–H groups in total. The van der Waals surface area contributed by atoms with Crippen molar-refractivity contribution in [3.63, 3.8) is 0 Å². The predicted octanol–water partition coefficient (Wildman–Crippen LogP) is 4.83. The van der Waals surface area contributed by atoms with Crippen molar-refractivity contribution in [3.8, 4) is 11.5 Å². The zero-order valence-corrected chi connectivity index (χ0v) is 17.1. The Kier molecular flexibility index (Phi) is 5.83. The monoisotopic (exact) mass is 482 g/mol. The number of aryl methyl sites for hydroxylation is 1. The SMILES string of the molecule is COc1ccc(C)cc1NC(=O)COc1c(I)cc(Cl)c2cccnc12. The minimum absolute atomic E-state index is 0.152. The third-order valence-electron chi connectivity index (χ3n) is 3.73. The van der Waals surface area contributed by atoms with E-state index < -0.39 is 0 Å². The minimum atomic E-state index is -0.288. The molecule has 134 valence electrons. The molecule has 0 aliphatic carbocycles. The Morgan fingerprint density at radius 2 is 2.12 bits per heavy atom. The Bertz CT molecular complexity index is 978. The standard InChI is InChI=1S/C19H16ClIN2O3/c1-11-5-6-16(25-2)15(8-11)23-17(24)10-26-19-14(21)9-13(20)12-4-3-7-22-18(12)19/h3-9H,10H2,1-2H3,(H,23,24). The normalized spacial score (nSPS) is 10.6. The fourth-order valence-electron chi connectivity index (χ4n) is 2.53. The Morgan fingerprint density at radius 3 is 2.88 bits per heavy atom. The fourth-order valence-corrected chi connectivity index (χ4v) is 3.70. The number of anilines is 1. The molecule has 5 nitrogen and oxygen atoms in total. The summed E-state index contributed by atoms with van der Waals surface area (Å²) in [6.45, 7) is 1.79. The van der Waals surface area contributed by atoms with E-state index in [4.69, 9.17) is 21.1 Å². The van der Waals surface area contributed by atoms with Crippen LogP contribution in [0.3, 0.4) is 0 Å². The molecule has 0 saturated carbocycles. The number of halogens is 2. The van der Waals surface area contributed by atoms with Crippen LogP contribution in [0.25, 0.3) is 10.9 Å². The summed E-state index contributed by atoms with van der Waals surface area (Å²) in [6, 6.07) is 11.0. The maximum Gasteiger partial charge on any atom is 0.262 e. The van der Waals surface area contributed by atoms with Gasteiger partial charge in [-0.2, -0.15) is 0 Å². The van der Waals surface area contributed by atoms with Crippen molar-refractivity contribution in [1.82, 2.24) is 4.98 Å². The Labute approximate surface area is 169 Å². The second-order valence-corrected chi connectivity index (χ2v) is 7.18. The van der Waals surface area contributed by atoms with Crippen LogP contribution in [0.4, 0.5) is 5.69 Å². The summed E-state index contributed by atoms with van der Waals surface area (Å²) in [5.41, 5.74) is 2.25. The lowest BCUT2D eigenvalue weighted by atomic mass is 10.2. The van der Waals surface area contributed by atoms with Crippen LogP contribution in [-0.2, 0) is 4.79 Å². The summed E-state index contributed by atoms with van der Waals surface area (Å²) in [6.07, 6.45) is 1.67. The van der Waals surface area contributed by atoms with Crippen molar-refractivity contribution >= 4 is 56.7 Å². The van der Waals surface area contributed by atoms with Gasteiger partial charge in [0.05, 0.1) is 21.4 Å². The summed E-state index contributed by atoms with van der Waals surface area (Å²) in [5.74, 6) is 0.845. The number of aromatic nitrogens is 1. The van der Waals surface area contributed by atoms with Crippen LogP contribution in [0.1, 0.15) is 5.56 Å². The Balaban J connectivity index is 1.79. The Hall–Kier alpha value is -2.06. The van der Waals surface area contributed by atoms with Gasteiger partial charge < -0.3 is 14.8 Å². The van der Waals surface area contributed by atoms with Gasteiger partial charge in [-0.05, 0) is 65.4 Å². The van der Waals surface area contributed by atoms with Crippen LogP contribution in [0, 0.1) is 10.5 Å². The third-order valence-corrected chi connectivity index (χ3v) is 4.84. The highest BCUT2D eigenvalue weighted by atomic mass is 127. The van der Waals surface area contributed by atoms with Gasteiger partial charge in [0, 0.05) is 11.6 Å². The topological polar surface area (TPSA) is 60.5 Å². The number of hydrogen-bond acceptors (Lipinski definition) is 4. The fraction of sp³-hybridized carbons (Fsp3) is 0.158. The van der Waals surface area contributed by atoms with E-state index in [0.29, 0.717) is 27.7 Å². The molecule has 0 aliphatic rings. The van der Waals surface area contributed by atoms with Gasteiger partial charge in [0.15, 0.2) is 12.4 Å². The van der Waals surface area contributed by atoms with E-state index in [1.54, 1.807) is 19.4 Å². The molecular weight excluding hydrogens is 467 g/mol. The summed E-state index contributed by atoms with van der Waals surface area (Å²) < 4.78 is 11.8. The first kappa shape index (κ1) is 18.7. The van der Waals surface area contributed by atoms with Gasteiger partial charge in [0.1, 0.15) is 11.3 Å². The molecule has 0 spiro atoms. The first-order valence-electron chi connectivity index (χ1n) is 7.79. The van der Waals surface area contributed by atoms with Crippen LogP contribution in [0.2, 0.25) is 5.02 Å². The summed E-state index contributed by atoms with van der Waals surface area (Å²) in [7, 11) is 1.56. The highest BCUT2D eigenvalue weighted by molar-refractivity contribution is 14.1. The molecule has 0 fully saturated rings. The maximum absolute atomic E-state index is 12.3. The third kappa shape index (κ3) is 4.02. The first-order chi connectivity index (χ1) is 12.5. The highest BCUT2D eigenvalue weighted by Crippen LogP contribution is 2.34. The number of fused-ring (bicyclic) bond motifs is 1. The van der Waals surface area contributed by atoms with Gasteiger partial charge in [-0.25, -0.2) is 0 Å². The molecule has 2 aromatic carbocycles. The van der Waals surface area contributed by atoms with Crippen molar-refractivity contribution < 1.29 is 14.3 Å². The molecule has 1 amide bonds. The molecule has 0 radical (unpaired) electrons. The number of hydrogen-bond donors (Lipinski definition) is 1. The maximum atomic E-state index is 12.3. The van der Waals surface area contributed by atoms with Crippen molar-refractivity contribution in [2.45, 2.75) is 6.92 Å².